The van der Waals surface area contributed by atoms with Gasteiger partial charge >= 0.3 is 0 Å². The number of rotatable bonds is 7. The Hall–Kier alpha value is -1.51. The minimum Gasteiger partial charge on any atom is -0.399 e. The Morgan fingerprint density at radius 1 is 1.35 bits per heavy atom. The van der Waals surface area contributed by atoms with Gasteiger partial charge < -0.3 is 10.3 Å². The largest absolute Gasteiger partial charge is 0.399 e. The second-order valence-corrected chi connectivity index (χ2v) is 7.13. The monoisotopic (exact) mass is 313 g/mol. The lowest BCUT2D eigenvalue weighted by atomic mass is 10.3. The van der Waals surface area contributed by atoms with Crippen molar-refractivity contribution in [1.29, 1.82) is 0 Å². The Balaban J connectivity index is 1.77. The van der Waals surface area contributed by atoms with Gasteiger partial charge in [-0.25, -0.2) is 13.1 Å². The molecule has 2 aromatic rings. The summed E-state index contributed by atoms with van der Waals surface area (Å²) in [6, 6.07) is 8.97. The topological polar surface area (TPSA) is 98.2 Å². The molecular weight excluding hydrogens is 298 g/mol. The standard InChI is InChI=1S/C12H15N3O3S2/c13-10-2-1-3-12(8-10)19-6-7-20(16,17)15-9-11-4-5-14-18-11/h1-5,8,15H,6-7,9,13H2. The second kappa shape index (κ2) is 6.78. The number of sulfonamides is 1. The molecule has 108 valence electrons. The van der Waals surface area contributed by atoms with Gasteiger partial charge in [0.2, 0.25) is 10.0 Å². The highest BCUT2D eigenvalue weighted by molar-refractivity contribution is 8.00. The van der Waals surface area contributed by atoms with E-state index in [2.05, 4.69) is 9.88 Å². The number of nitrogens with zero attached hydrogens (tertiary/aromatic N) is 1. The number of benzene rings is 1. The first-order valence-corrected chi connectivity index (χ1v) is 8.54. The SMILES string of the molecule is Nc1cccc(SCCS(=O)(=O)NCc2ccno2)c1. The van der Waals surface area contributed by atoms with Gasteiger partial charge in [-0.05, 0) is 18.2 Å². The van der Waals surface area contributed by atoms with E-state index in [0.29, 0.717) is 17.2 Å². The summed E-state index contributed by atoms with van der Waals surface area (Å²) in [6.07, 6.45) is 1.47. The molecule has 0 bridgehead atoms. The first kappa shape index (κ1) is 14.9. The molecule has 0 saturated heterocycles. The minimum absolute atomic E-state index is 0.0284. The Morgan fingerprint density at radius 3 is 2.90 bits per heavy atom. The lowest BCUT2D eigenvalue weighted by Crippen LogP contribution is -2.26. The van der Waals surface area contributed by atoms with Crippen LogP contribution >= 0.6 is 11.8 Å². The molecule has 3 N–H and O–H groups in total. The highest BCUT2D eigenvalue weighted by Gasteiger charge is 2.11. The molecule has 2 rings (SSSR count). The summed E-state index contributed by atoms with van der Waals surface area (Å²) in [4.78, 5) is 0.954. The molecule has 0 fully saturated rings. The molecule has 0 radical (unpaired) electrons. The summed E-state index contributed by atoms with van der Waals surface area (Å²) in [5.41, 5.74) is 6.33. The van der Waals surface area contributed by atoms with Crippen LogP contribution in [0.25, 0.3) is 0 Å². The molecule has 8 heteroatoms. The molecule has 6 nitrogen and oxygen atoms in total. The predicted octanol–water partition coefficient (Wildman–Crippen LogP) is 1.47. The van der Waals surface area contributed by atoms with Crippen molar-refractivity contribution in [3.05, 3.63) is 42.3 Å². The maximum Gasteiger partial charge on any atom is 0.212 e. The van der Waals surface area contributed by atoms with Gasteiger partial charge in [0.25, 0.3) is 0 Å². The lowest BCUT2D eigenvalue weighted by Gasteiger charge is -2.05. The van der Waals surface area contributed by atoms with Crippen LogP contribution in [0.2, 0.25) is 0 Å². The summed E-state index contributed by atoms with van der Waals surface area (Å²) < 4.78 is 30.8. The van der Waals surface area contributed by atoms with E-state index in [1.54, 1.807) is 12.1 Å². The van der Waals surface area contributed by atoms with Crippen molar-refractivity contribution in [3.8, 4) is 0 Å². The number of nitrogens with two attached hydrogens (primary N) is 1. The number of hydrogen-bond donors (Lipinski definition) is 2. The van der Waals surface area contributed by atoms with Crippen molar-refractivity contribution in [2.45, 2.75) is 11.4 Å². The van der Waals surface area contributed by atoms with Crippen LogP contribution in [0.15, 0.2) is 45.9 Å². The molecule has 0 amide bonds. The van der Waals surface area contributed by atoms with E-state index in [-0.39, 0.29) is 12.3 Å². The Labute approximate surface area is 121 Å². The van der Waals surface area contributed by atoms with Gasteiger partial charge in [-0.3, -0.25) is 0 Å². The number of nitrogen functional groups attached to an aromatic ring is 1. The minimum atomic E-state index is -3.33. The summed E-state index contributed by atoms with van der Waals surface area (Å²) >= 11 is 1.45. The maximum atomic E-state index is 11.8. The normalized spacial score (nSPS) is 11.6. The molecule has 1 aromatic carbocycles. The molecular formula is C12H15N3O3S2. The van der Waals surface area contributed by atoms with Crippen molar-refractivity contribution in [1.82, 2.24) is 9.88 Å². The van der Waals surface area contributed by atoms with Crippen LogP contribution in [-0.2, 0) is 16.6 Å². The van der Waals surface area contributed by atoms with Crippen molar-refractivity contribution < 1.29 is 12.9 Å². The number of anilines is 1. The van der Waals surface area contributed by atoms with Gasteiger partial charge in [-0.1, -0.05) is 11.2 Å². The van der Waals surface area contributed by atoms with E-state index in [4.69, 9.17) is 10.3 Å². The first-order chi connectivity index (χ1) is 9.55. The van der Waals surface area contributed by atoms with Crippen LogP contribution in [0.5, 0.6) is 0 Å². The average molecular weight is 313 g/mol. The summed E-state index contributed by atoms with van der Waals surface area (Å²) in [5.74, 6) is 0.965. The van der Waals surface area contributed by atoms with E-state index in [1.807, 2.05) is 18.2 Å². The van der Waals surface area contributed by atoms with Crippen LogP contribution in [0.1, 0.15) is 5.76 Å². The number of nitrogens with one attached hydrogen (secondary N) is 1. The third-order valence-corrected chi connectivity index (χ3v) is 5.02. The highest BCUT2D eigenvalue weighted by Crippen LogP contribution is 2.20. The fourth-order valence-corrected chi connectivity index (χ4v) is 3.81. The Kier molecular flexibility index (Phi) is 5.05. The molecule has 0 spiro atoms. The molecule has 1 aromatic heterocycles. The quantitative estimate of drug-likeness (QED) is 0.593. The zero-order chi connectivity index (χ0) is 14.4. The zero-order valence-corrected chi connectivity index (χ0v) is 12.3. The molecule has 20 heavy (non-hydrogen) atoms. The second-order valence-electron chi connectivity index (χ2n) is 4.04. The zero-order valence-electron chi connectivity index (χ0n) is 10.7. The predicted molar refractivity (Wildman–Crippen MR) is 78.7 cm³/mol. The van der Waals surface area contributed by atoms with Crippen LogP contribution in [0, 0.1) is 0 Å². The Morgan fingerprint density at radius 2 is 2.20 bits per heavy atom. The number of thioether (sulfide) groups is 1. The fourth-order valence-electron chi connectivity index (χ4n) is 1.46. The van der Waals surface area contributed by atoms with E-state index >= 15 is 0 Å². The number of aromatic nitrogens is 1. The van der Waals surface area contributed by atoms with Crippen molar-refractivity contribution in [3.63, 3.8) is 0 Å². The summed E-state index contributed by atoms with van der Waals surface area (Å²) in [6.45, 7) is 0.116. The van der Waals surface area contributed by atoms with Crippen molar-refractivity contribution in [2.24, 2.45) is 0 Å². The molecule has 0 aliphatic rings. The van der Waals surface area contributed by atoms with E-state index < -0.39 is 10.0 Å². The smallest absolute Gasteiger partial charge is 0.212 e. The van der Waals surface area contributed by atoms with Gasteiger partial charge in [0, 0.05) is 22.4 Å². The lowest BCUT2D eigenvalue weighted by molar-refractivity contribution is 0.380. The van der Waals surface area contributed by atoms with Gasteiger partial charge in [-0.15, -0.1) is 11.8 Å². The Bertz CT molecular complexity index is 642. The van der Waals surface area contributed by atoms with Gasteiger partial charge in [-0.2, -0.15) is 0 Å². The fraction of sp³-hybridized carbons (Fsp3) is 0.250. The summed E-state index contributed by atoms with van der Waals surface area (Å²) in [7, 11) is -3.33. The number of hydrogen-bond acceptors (Lipinski definition) is 6. The van der Waals surface area contributed by atoms with Crippen LogP contribution in [0.4, 0.5) is 5.69 Å². The van der Waals surface area contributed by atoms with Crippen molar-refractivity contribution >= 4 is 27.5 Å². The van der Waals surface area contributed by atoms with Gasteiger partial charge in [0.05, 0.1) is 18.5 Å². The molecule has 0 atom stereocenters. The van der Waals surface area contributed by atoms with Crippen molar-refractivity contribution in [2.75, 3.05) is 17.2 Å². The molecule has 0 aliphatic heterocycles. The molecule has 1 heterocycles. The van der Waals surface area contributed by atoms with E-state index in [9.17, 15) is 8.42 Å². The third-order valence-electron chi connectivity index (χ3n) is 2.44. The van der Waals surface area contributed by atoms with E-state index in [0.717, 1.165) is 4.90 Å². The first-order valence-electron chi connectivity index (χ1n) is 5.90. The average Bonchev–Trinajstić information content (AvgIpc) is 2.89. The maximum absolute atomic E-state index is 11.8. The van der Waals surface area contributed by atoms with Gasteiger partial charge in [0.15, 0.2) is 5.76 Å². The molecule has 0 aliphatic carbocycles. The van der Waals surface area contributed by atoms with Crippen LogP contribution in [0.3, 0.4) is 0 Å². The van der Waals surface area contributed by atoms with Gasteiger partial charge in [0.1, 0.15) is 0 Å². The van der Waals surface area contributed by atoms with Crippen LogP contribution < -0.4 is 10.5 Å². The van der Waals surface area contributed by atoms with E-state index in [1.165, 1.54) is 18.0 Å². The molecule has 0 unspecified atom stereocenters. The van der Waals surface area contributed by atoms with Crippen LogP contribution in [-0.4, -0.2) is 25.1 Å². The summed E-state index contributed by atoms with van der Waals surface area (Å²) in [5, 5.41) is 3.51. The molecule has 0 saturated carbocycles. The highest BCUT2D eigenvalue weighted by atomic mass is 32.2. The third kappa shape index (κ3) is 4.87.